The predicted molar refractivity (Wildman–Crippen MR) is 83.0 cm³/mol. The molecule has 0 spiro atoms. The van der Waals surface area contributed by atoms with Crippen LogP contribution in [0.25, 0.3) is 0 Å². The van der Waals surface area contributed by atoms with Crippen LogP contribution in [0.5, 0.6) is 0 Å². The normalized spacial score (nSPS) is 41.6. The maximum Gasteiger partial charge on any atom is 0.282 e. The van der Waals surface area contributed by atoms with Crippen LogP contribution in [0.15, 0.2) is 0 Å². The Bertz CT molecular complexity index is 295. The number of halogens is 3. The molecule has 0 aliphatic heterocycles. The highest BCUT2D eigenvalue weighted by Crippen LogP contribution is 2.58. The summed E-state index contributed by atoms with van der Waals surface area (Å²) < 4.78 is 11.6. The van der Waals surface area contributed by atoms with Crippen molar-refractivity contribution in [3.8, 4) is 0 Å². The van der Waals surface area contributed by atoms with Crippen molar-refractivity contribution in [1.82, 2.24) is 0 Å². The van der Waals surface area contributed by atoms with Crippen LogP contribution in [0.4, 0.5) is 0 Å². The van der Waals surface area contributed by atoms with Gasteiger partial charge in [-0.15, -0.1) is 0 Å². The Morgan fingerprint density at radius 3 is 1.65 bits per heavy atom. The predicted octanol–water partition coefficient (Wildman–Crippen LogP) is 5.11. The second-order valence-electron chi connectivity index (χ2n) is 4.71. The lowest BCUT2D eigenvalue weighted by atomic mass is 10.3. The van der Waals surface area contributed by atoms with Crippen LogP contribution in [0.2, 0.25) is 0 Å². The molecule has 0 heterocycles. The molecule has 2 aliphatic rings. The van der Waals surface area contributed by atoms with Crippen molar-refractivity contribution >= 4 is 60.8 Å². The van der Waals surface area contributed by atoms with E-state index in [2.05, 4.69) is 31.9 Å². The average molecular weight is 427 g/mol. The Hall–Kier alpha value is 1.82. The summed E-state index contributed by atoms with van der Waals surface area (Å²) in [5, 5.41) is 0. The highest BCUT2D eigenvalue weighted by molar-refractivity contribution is 9.09. The third-order valence-corrected chi connectivity index (χ3v) is 6.95. The minimum absolute atomic E-state index is 0.170. The molecule has 4 unspecified atom stereocenters. The first kappa shape index (κ1) is 15.2. The van der Waals surface area contributed by atoms with Crippen molar-refractivity contribution in [3.63, 3.8) is 0 Å². The summed E-state index contributed by atoms with van der Waals surface area (Å²) in [6, 6.07) is 0. The van der Waals surface area contributed by atoms with E-state index in [1.165, 1.54) is 0 Å². The van der Waals surface area contributed by atoms with Gasteiger partial charge in [0.2, 0.25) is 0 Å². The topological polar surface area (TPSA) is 18.5 Å². The molecule has 4 atom stereocenters. The van der Waals surface area contributed by atoms with Gasteiger partial charge >= 0.3 is 0 Å². The summed E-state index contributed by atoms with van der Waals surface area (Å²) >= 11 is 18.7. The minimum atomic E-state index is -2.58. The number of alkyl halides is 2. The average Bonchev–Trinajstić information content (AvgIpc) is 2.74. The molecule has 0 bridgehead atoms. The van der Waals surface area contributed by atoms with Crippen molar-refractivity contribution in [2.45, 2.75) is 60.4 Å². The van der Waals surface area contributed by atoms with Crippen LogP contribution in [-0.4, -0.2) is 21.9 Å². The van der Waals surface area contributed by atoms with Crippen LogP contribution in [0, 0.1) is 0 Å². The van der Waals surface area contributed by atoms with E-state index in [0.29, 0.717) is 9.65 Å². The second kappa shape index (κ2) is 6.51. The van der Waals surface area contributed by atoms with Crippen molar-refractivity contribution in [3.05, 3.63) is 0 Å². The smallest absolute Gasteiger partial charge is 0.282 e. The van der Waals surface area contributed by atoms with E-state index in [0.717, 1.165) is 38.5 Å². The molecule has 2 rings (SSSR count). The molecule has 0 amide bonds. The Morgan fingerprint density at radius 2 is 1.35 bits per heavy atom. The minimum Gasteiger partial charge on any atom is -0.315 e. The third-order valence-electron chi connectivity index (χ3n) is 3.19. The zero-order valence-electron chi connectivity index (χ0n) is 9.36. The Morgan fingerprint density at radius 1 is 0.941 bits per heavy atom. The molecule has 0 N–H and O–H groups in total. The largest absolute Gasteiger partial charge is 0.315 e. The van der Waals surface area contributed by atoms with E-state index >= 15 is 0 Å². The lowest BCUT2D eigenvalue weighted by Gasteiger charge is -2.23. The first-order valence-corrected chi connectivity index (χ1v) is 11.3. The standard InChI is InChI=1S/C10H16Br2ClO2PS/c11-7-1-3-9(5-7)14-16(13,17)15-10-4-2-8(12)6-10/h7-10H,1-6H2. The fraction of sp³-hybridized carbons (Fsp3) is 1.00. The first-order valence-electron chi connectivity index (χ1n) is 5.89. The summed E-state index contributed by atoms with van der Waals surface area (Å²) in [4.78, 5) is 1.08. The molecular formula is C10H16Br2ClO2PS. The number of hydrogen-bond donors (Lipinski definition) is 0. The molecule has 100 valence electrons. The molecule has 2 nitrogen and oxygen atoms in total. The summed E-state index contributed by atoms with van der Waals surface area (Å²) in [7, 11) is 0. The van der Waals surface area contributed by atoms with Gasteiger partial charge in [-0.05, 0) is 61.6 Å². The van der Waals surface area contributed by atoms with Crippen molar-refractivity contribution < 1.29 is 9.05 Å². The zero-order valence-corrected chi connectivity index (χ0v) is 15.0. The summed E-state index contributed by atoms with van der Waals surface area (Å²) in [6.45, 7) is 0. The van der Waals surface area contributed by atoms with Gasteiger partial charge in [-0.3, -0.25) is 0 Å². The maximum absolute atomic E-state index is 6.24. The third kappa shape index (κ3) is 5.02. The summed E-state index contributed by atoms with van der Waals surface area (Å²) in [5.41, 5.74) is 0. The molecule has 0 aromatic heterocycles. The monoisotopic (exact) mass is 424 g/mol. The summed E-state index contributed by atoms with van der Waals surface area (Å²) in [5.74, 6) is -2.58. The summed E-state index contributed by atoms with van der Waals surface area (Å²) in [6.07, 6.45) is 6.62. The molecule has 2 saturated carbocycles. The van der Waals surface area contributed by atoms with E-state index in [9.17, 15) is 0 Å². The molecule has 0 aromatic carbocycles. The highest BCUT2D eigenvalue weighted by Gasteiger charge is 2.33. The van der Waals surface area contributed by atoms with Gasteiger partial charge < -0.3 is 9.05 Å². The molecule has 2 fully saturated rings. The van der Waals surface area contributed by atoms with Crippen LogP contribution >= 0.6 is 48.9 Å². The van der Waals surface area contributed by atoms with E-state index in [4.69, 9.17) is 32.1 Å². The lowest BCUT2D eigenvalue weighted by molar-refractivity contribution is 0.156. The Labute approximate surface area is 129 Å². The number of hydrogen-bond acceptors (Lipinski definition) is 3. The molecule has 2 aliphatic carbocycles. The quantitative estimate of drug-likeness (QED) is 0.460. The van der Waals surface area contributed by atoms with Gasteiger partial charge in [-0.25, -0.2) is 0 Å². The van der Waals surface area contributed by atoms with Crippen LogP contribution in [0.3, 0.4) is 0 Å². The van der Waals surface area contributed by atoms with Crippen LogP contribution in [-0.2, 0) is 20.9 Å². The van der Waals surface area contributed by atoms with Gasteiger partial charge in [0.25, 0.3) is 5.84 Å². The van der Waals surface area contributed by atoms with Gasteiger partial charge in [0.15, 0.2) is 0 Å². The Balaban J connectivity index is 1.80. The van der Waals surface area contributed by atoms with Gasteiger partial charge in [0.05, 0.1) is 12.2 Å². The van der Waals surface area contributed by atoms with E-state index < -0.39 is 5.84 Å². The van der Waals surface area contributed by atoms with Gasteiger partial charge in [-0.1, -0.05) is 31.9 Å². The van der Waals surface area contributed by atoms with E-state index in [1.54, 1.807) is 0 Å². The van der Waals surface area contributed by atoms with Crippen molar-refractivity contribution in [2.24, 2.45) is 0 Å². The fourth-order valence-corrected chi connectivity index (χ4v) is 6.26. The second-order valence-corrected chi connectivity index (χ2v) is 12.0. The molecular weight excluding hydrogens is 410 g/mol. The lowest BCUT2D eigenvalue weighted by Crippen LogP contribution is -2.11. The Kier molecular flexibility index (Phi) is 5.83. The van der Waals surface area contributed by atoms with E-state index in [-0.39, 0.29) is 12.2 Å². The SMILES string of the molecule is S=P(Cl)(OC1CCC(Br)C1)OC1CCC(Br)C1. The van der Waals surface area contributed by atoms with Gasteiger partial charge in [0, 0.05) is 9.65 Å². The molecule has 0 aromatic rings. The highest BCUT2D eigenvalue weighted by atomic mass is 79.9. The van der Waals surface area contributed by atoms with Crippen LogP contribution in [0.1, 0.15) is 38.5 Å². The van der Waals surface area contributed by atoms with Crippen molar-refractivity contribution in [1.29, 1.82) is 0 Å². The molecule has 7 heteroatoms. The fourth-order valence-electron chi connectivity index (χ4n) is 2.35. The maximum atomic E-state index is 6.24. The van der Waals surface area contributed by atoms with Crippen LogP contribution < -0.4 is 0 Å². The molecule has 17 heavy (non-hydrogen) atoms. The van der Waals surface area contributed by atoms with Gasteiger partial charge in [0.1, 0.15) is 0 Å². The zero-order chi connectivity index (χ0) is 12.5. The van der Waals surface area contributed by atoms with Crippen molar-refractivity contribution in [2.75, 3.05) is 0 Å². The molecule has 0 radical (unpaired) electrons. The van der Waals surface area contributed by atoms with E-state index in [1.807, 2.05) is 0 Å². The number of rotatable bonds is 4. The first-order chi connectivity index (χ1) is 7.94. The van der Waals surface area contributed by atoms with Gasteiger partial charge in [-0.2, -0.15) is 0 Å². The molecule has 0 saturated heterocycles.